The molecular weight excluding hydrogens is 122 g/mol. The van der Waals surface area contributed by atoms with Gasteiger partial charge in [-0.2, -0.15) is 0 Å². The molecule has 0 bridgehead atoms. The lowest BCUT2D eigenvalue weighted by Gasteiger charge is -2.05. The second-order valence-electron chi connectivity index (χ2n) is 2.18. The summed E-state index contributed by atoms with van der Waals surface area (Å²) in [6, 6.07) is 0. The van der Waals surface area contributed by atoms with E-state index < -0.39 is 5.92 Å². The summed E-state index contributed by atoms with van der Waals surface area (Å²) in [6.45, 7) is 2.77. The molecule has 0 aliphatic carbocycles. The Balaban J connectivity index is 3.28. The van der Waals surface area contributed by atoms with Crippen molar-refractivity contribution in [3.8, 4) is 0 Å². The molecule has 0 saturated heterocycles. The third-order valence-corrected chi connectivity index (χ3v) is 0.986. The Morgan fingerprint density at radius 2 is 2.00 bits per heavy atom. The van der Waals surface area contributed by atoms with Crippen LogP contribution in [0.4, 0.5) is 8.78 Å². The number of halogens is 2. The van der Waals surface area contributed by atoms with Crippen LogP contribution in [0, 0.1) is 0 Å². The molecule has 54 valence electrons. The van der Waals surface area contributed by atoms with Gasteiger partial charge < -0.3 is 0 Å². The summed E-state index contributed by atoms with van der Waals surface area (Å²) in [7, 11) is 0. The summed E-state index contributed by atoms with van der Waals surface area (Å²) in [6.07, 6.45) is 3.96. The van der Waals surface area contributed by atoms with E-state index in [-0.39, 0.29) is 6.42 Å². The van der Waals surface area contributed by atoms with E-state index in [0.29, 0.717) is 6.42 Å². The SMILES string of the molecule is CC=CCCC(C)(F)F. The molecular formula is C7H12F2. The Hall–Kier alpha value is -0.400. The van der Waals surface area contributed by atoms with E-state index in [2.05, 4.69) is 0 Å². The molecule has 0 N–H and O–H groups in total. The van der Waals surface area contributed by atoms with Crippen molar-refractivity contribution in [1.29, 1.82) is 0 Å². The molecule has 0 aliphatic rings. The first kappa shape index (κ1) is 8.60. The van der Waals surface area contributed by atoms with E-state index in [4.69, 9.17) is 0 Å². The van der Waals surface area contributed by atoms with Gasteiger partial charge in [-0.3, -0.25) is 0 Å². The Labute approximate surface area is 54.6 Å². The number of rotatable bonds is 3. The summed E-state index contributed by atoms with van der Waals surface area (Å²) in [5.74, 6) is -2.50. The fraction of sp³-hybridized carbons (Fsp3) is 0.714. The van der Waals surface area contributed by atoms with Gasteiger partial charge in [0.1, 0.15) is 0 Å². The molecule has 0 rings (SSSR count). The molecule has 0 amide bonds. The zero-order chi connectivity index (χ0) is 7.33. The van der Waals surface area contributed by atoms with E-state index in [9.17, 15) is 8.78 Å². The van der Waals surface area contributed by atoms with E-state index >= 15 is 0 Å². The minimum absolute atomic E-state index is 0.0443. The predicted octanol–water partition coefficient (Wildman–Crippen LogP) is 3.00. The topological polar surface area (TPSA) is 0 Å². The summed E-state index contributed by atoms with van der Waals surface area (Å²) < 4.78 is 24.0. The summed E-state index contributed by atoms with van der Waals surface area (Å²) >= 11 is 0. The van der Waals surface area contributed by atoms with Crippen molar-refractivity contribution >= 4 is 0 Å². The van der Waals surface area contributed by atoms with Crippen molar-refractivity contribution in [1.82, 2.24) is 0 Å². The number of hydrogen-bond donors (Lipinski definition) is 0. The monoisotopic (exact) mass is 134 g/mol. The van der Waals surface area contributed by atoms with Crippen molar-refractivity contribution in [2.75, 3.05) is 0 Å². The van der Waals surface area contributed by atoms with Crippen molar-refractivity contribution in [3.05, 3.63) is 12.2 Å². The maximum Gasteiger partial charge on any atom is 0.245 e. The standard InChI is InChI=1S/C7H12F2/c1-3-4-5-6-7(2,8)9/h3-4H,5-6H2,1-2H3. The van der Waals surface area contributed by atoms with Crippen LogP contribution in [-0.4, -0.2) is 5.92 Å². The number of alkyl halides is 2. The van der Waals surface area contributed by atoms with Gasteiger partial charge in [-0.15, -0.1) is 0 Å². The average Bonchev–Trinajstić information content (AvgIpc) is 1.63. The molecule has 0 spiro atoms. The molecule has 0 atom stereocenters. The Kier molecular flexibility index (Phi) is 3.43. The van der Waals surface area contributed by atoms with Gasteiger partial charge in [-0.1, -0.05) is 12.2 Å². The molecule has 0 radical (unpaired) electrons. The van der Waals surface area contributed by atoms with Gasteiger partial charge in [0.25, 0.3) is 0 Å². The Morgan fingerprint density at radius 3 is 2.33 bits per heavy atom. The molecule has 0 aromatic carbocycles. The van der Waals surface area contributed by atoms with Crippen LogP contribution in [0.3, 0.4) is 0 Å². The predicted molar refractivity (Wildman–Crippen MR) is 34.7 cm³/mol. The zero-order valence-corrected chi connectivity index (χ0v) is 5.82. The van der Waals surface area contributed by atoms with E-state index in [0.717, 1.165) is 6.92 Å². The lowest BCUT2D eigenvalue weighted by atomic mass is 10.2. The van der Waals surface area contributed by atoms with Crippen molar-refractivity contribution in [3.63, 3.8) is 0 Å². The van der Waals surface area contributed by atoms with Gasteiger partial charge in [0, 0.05) is 6.42 Å². The van der Waals surface area contributed by atoms with Crippen LogP contribution < -0.4 is 0 Å². The largest absolute Gasteiger partial charge is 0.245 e. The minimum atomic E-state index is -2.50. The van der Waals surface area contributed by atoms with Gasteiger partial charge in [0.15, 0.2) is 0 Å². The third-order valence-electron chi connectivity index (χ3n) is 0.986. The van der Waals surface area contributed by atoms with Crippen LogP contribution in [0.2, 0.25) is 0 Å². The van der Waals surface area contributed by atoms with Crippen molar-refractivity contribution in [2.24, 2.45) is 0 Å². The summed E-state index contributed by atoms with van der Waals surface area (Å²) in [4.78, 5) is 0. The number of hydrogen-bond acceptors (Lipinski definition) is 0. The Morgan fingerprint density at radius 1 is 1.44 bits per heavy atom. The highest BCUT2D eigenvalue weighted by molar-refractivity contribution is 4.78. The highest BCUT2D eigenvalue weighted by Gasteiger charge is 2.18. The fourth-order valence-corrected chi connectivity index (χ4v) is 0.503. The smallest absolute Gasteiger partial charge is 0.207 e. The van der Waals surface area contributed by atoms with E-state index in [1.807, 2.05) is 6.92 Å². The fourth-order valence-electron chi connectivity index (χ4n) is 0.503. The molecule has 2 heteroatoms. The van der Waals surface area contributed by atoms with Crippen molar-refractivity contribution in [2.45, 2.75) is 32.6 Å². The van der Waals surface area contributed by atoms with Gasteiger partial charge in [-0.25, -0.2) is 8.78 Å². The first-order valence-electron chi connectivity index (χ1n) is 3.05. The molecule has 0 aliphatic heterocycles. The minimum Gasteiger partial charge on any atom is -0.207 e. The van der Waals surface area contributed by atoms with Gasteiger partial charge in [-0.05, 0) is 20.3 Å². The van der Waals surface area contributed by atoms with Crippen molar-refractivity contribution < 1.29 is 8.78 Å². The van der Waals surface area contributed by atoms with Crippen LogP contribution in [0.1, 0.15) is 26.7 Å². The van der Waals surface area contributed by atoms with E-state index in [1.54, 1.807) is 12.2 Å². The summed E-state index contributed by atoms with van der Waals surface area (Å²) in [5.41, 5.74) is 0. The number of allylic oxidation sites excluding steroid dienone is 2. The first-order valence-corrected chi connectivity index (χ1v) is 3.05. The molecule has 0 heterocycles. The molecule has 0 nitrogen and oxygen atoms in total. The maximum absolute atomic E-state index is 12.0. The third kappa shape index (κ3) is 7.60. The quantitative estimate of drug-likeness (QED) is 0.520. The summed E-state index contributed by atoms with van der Waals surface area (Å²) in [5, 5.41) is 0. The van der Waals surface area contributed by atoms with Gasteiger partial charge >= 0.3 is 0 Å². The Bertz CT molecular complexity index is 89.6. The molecule has 0 unspecified atom stereocenters. The maximum atomic E-state index is 12.0. The van der Waals surface area contributed by atoms with Crippen LogP contribution in [0.5, 0.6) is 0 Å². The normalized spacial score (nSPS) is 12.9. The van der Waals surface area contributed by atoms with E-state index in [1.165, 1.54) is 0 Å². The van der Waals surface area contributed by atoms with Gasteiger partial charge in [0.2, 0.25) is 5.92 Å². The van der Waals surface area contributed by atoms with Crippen LogP contribution in [-0.2, 0) is 0 Å². The zero-order valence-electron chi connectivity index (χ0n) is 5.82. The highest BCUT2D eigenvalue weighted by atomic mass is 19.3. The van der Waals surface area contributed by atoms with Crippen LogP contribution in [0.15, 0.2) is 12.2 Å². The second-order valence-corrected chi connectivity index (χ2v) is 2.18. The first-order chi connectivity index (χ1) is 4.06. The lowest BCUT2D eigenvalue weighted by Crippen LogP contribution is -2.07. The average molecular weight is 134 g/mol. The highest BCUT2D eigenvalue weighted by Crippen LogP contribution is 2.18. The molecule has 0 aromatic rings. The lowest BCUT2D eigenvalue weighted by molar-refractivity contribution is 0.0140. The molecule has 0 fully saturated rings. The van der Waals surface area contributed by atoms with Crippen LogP contribution >= 0.6 is 0 Å². The molecule has 0 aromatic heterocycles. The molecule has 9 heavy (non-hydrogen) atoms. The molecule has 0 saturated carbocycles. The van der Waals surface area contributed by atoms with Gasteiger partial charge in [0.05, 0.1) is 0 Å². The van der Waals surface area contributed by atoms with Crippen LogP contribution in [0.25, 0.3) is 0 Å². The second kappa shape index (κ2) is 3.59.